The minimum atomic E-state index is 0.0651. The molecule has 1 aromatic rings. The van der Waals surface area contributed by atoms with E-state index in [2.05, 4.69) is 6.07 Å². The van der Waals surface area contributed by atoms with E-state index in [-0.39, 0.29) is 5.91 Å². The van der Waals surface area contributed by atoms with Gasteiger partial charge in [0.2, 0.25) is 0 Å². The number of aryl methyl sites for hydroxylation is 2. The maximum absolute atomic E-state index is 12.0. The van der Waals surface area contributed by atoms with E-state index in [1.165, 1.54) is 17.5 Å². The second-order valence-electron chi connectivity index (χ2n) is 4.25. The van der Waals surface area contributed by atoms with Crippen molar-refractivity contribution in [3.8, 4) is 0 Å². The van der Waals surface area contributed by atoms with E-state index in [1.54, 1.807) is 11.9 Å². The van der Waals surface area contributed by atoms with Crippen LogP contribution in [0.15, 0.2) is 18.2 Å². The lowest BCUT2D eigenvalue weighted by atomic mass is 10.1. The maximum Gasteiger partial charge on any atom is 0.253 e. The van der Waals surface area contributed by atoms with Gasteiger partial charge in [0, 0.05) is 25.0 Å². The molecule has 0 saturated carbocycles. The first-order chi connectivity index (χ1) is 7.72. The minimum Gasteiger partial charge on any atom is -0.341 e. The van der Waals surface area contributed by atoms with Gasteiger partial charge in [-0.15, -0.1) is 11.6 Å². The molecule has 0 saturated heterocycles. The highest BCUT2D eigenvalue weighted by Gasteiger charge is 2.15. The summed E-state index contributed by atoms with van der Waals surface area (Å²) in [5.74, 6) is 0.544. The Kier molecular flexibility index (Phi) is 3.49. The highest BCUT2D eigenvalue weighted by molar-refractivity contribution is 6.18. The van der Waals surface area contributed by atoms with Crippen molar-refractivity contribution in [2.75, 3.05) is 19.5 Å². The summed E-state index contributed by atoms with van der Waals surface area (Å²) >= 11 is 5.63. The van der Waals surface area contributed by atoms with Crippen LogP contribution in [0.2, 0.25) is 0 Å². The Morgan fingerprint density at radius 1 is 1.38 bits per heavy atom. The maximum atomic E-state index is 12.0. The molecular formula is C13H16ClNO. The van der Waals surface area contributed by atoms with Gasteiger partial charge in [0.15, 0.2) is 0 Å². The lowest BCUT2D eigenvalue weighted by molar-refractivity contribution is 0.0803. The zero-order valence-corrected chi connectivity index (χ0v) is 10.3. The molecule has 16 heavy (non-hydrogen) atoms. The predicted molar refractivity (Wildman–Crippen MR) is 66.1 cm³/mol. The smallest absolute Gasteiger partial charge is 0.253 e. The monoisotopic (exact) mass is 237 g/mol. The highest BCUT2D eigenvalue weighted by Crippen LogP contribution is 2.23. The van der Waals surface area contributed by atoms with Gasteiger partial charge in [-0.2, -0.15) is 0 Å². The minimum absolute atomic E-state index is 0.0651. The van der Waals surface area contributed by atoms with Crippen LogP contribution in [0.5, 0.6) is 0 Å². The summed E-state index contributed by atoms with van der Waals surface area (Å²) in [6, 6.07) is 6.05. The molecule has 1 aliphatic rings. The van der Waals surface area contributed by atoms with Gasteiger partial charge in [-0.1, -0.05) is 6.07 Å². The van der Waals surface area contributed by atoms with E-state index in [0.717, 1.165) is 18.4 Å². The molecule has 2 rings (SSSR count). The molecule has 0 aliphatic heterocycles. The van der Waals surface area contributed by atoms with Crippen molar-refractivity contribution >= 4 is 17.5 Å². The van der Waals surface area contributed by atoms with Gasteiger partial charge in [0.25, 0.3) is 5.91 Å². The quantitative estimate of drug-likeness (QED) is 0.740. The number of hydrogen-bond donors (Lipinski definition) is 0. The van der Waals surface area contributed by atoms with Crippen LogP contribution in [0, 0.1) is 0 Å². The first-order valence-electron chi connectivity index (χ1n) is 5.65. The lowest BCUT2D eigenvalue weighted by Gasteiger charge is -2.16. The average molecular weight is 238 g/mol. The van der Waals surface area contributed by atoms with Crippen molar-refractivity contribution in [3.05, 3.63) is 34.9 Å². The Hall–Kier alpha value is -1.02. The van der Waals surface area contributed by atoms with Crippen LogP contribution in [0.4, 0.5) is 0 Å². The molecule has 0 fully saturated rings. The Balaban J connectivity index is 2.18. The molecule has 0 heterocycles. The predicted octanol–water partition coefficient (Wildman–Crippen LogP) is 2.49. The number of nitrogens with zero attached hydrogens (tertiary/aromatic N) is 1. The second kappa shape index (κ2) is 4.88. The van der Waals surface area contributed by atoms with Crippen LogP contribution in [0.3, 0.4) is 0 Å². The van der Waals surface area contributed by atoms with Crippen molar-refractivity contribution in [3.63, 3.8) is 0 Å². The molecule has 0 radical (unpaired) electrons. The summed E-state index contributed by atoms with van der Waals surface area (Å²) in [4.78, 5) is 13.7. The van der Waals surface area contributed by atoms with Gasteiger partial charge < -0.3 is 4.90 Å². The van der Waals surface area contributed by atoms with Crippen molar-refractivity contribution in [2.45, 2.75) is 19.3 Å². The summed E-state index contributed by atoms with van der Waals surface area (Å²) in [6.45, 7) is 0.595. The second-order valence-corrected chi connectivity index (χ2v) is 4.63. The molecule has 0 aromatic heterocycles. The van der Waals surface area contributed by atoms with Crippen molar-refractivity contribution < 1.29 is 4.79 Å². The van der Waals surface area contributed by atoms with Crippen LogP contribution in [-0.2, 0) is 12.8 Å². The van der Waals surface area contributed by atoms with Crippen LogP contribution < -0.4 is 0 Å². The fourth-order valence-electron chi connectivity index (χ4n) is 2.15. The molecule has 1 aromatic carbocycles. The highest BCUT2D eigenvalue weighted by atomic mass is 35.5. The molecule has 1 aliphatic carbocycles. The fourth-order valence-corrected chi connectivity index (χ4v) is 2.41. The topological polar surface area (TPSA) is 20.3 Å². The Morgan fingerprint density at radius 2 is 2.12 bits per heavy atom. The number of fused-ring (bicyclic) bond motifs is 1. The van der Waals surface area contributed by atoms with Gasteiger partial charge in [0.1, 0.15) is 0 Å². The number of carbonyl (C=O) groups excluding carboxylic acids is 1. The third kappa shape index (κ3) is 2.22. The number of rotatable bonds is 3. The molecule has 1 amide bonds. The normalized spacial score (nSPS) is 13.6. The lowest BCUT2D eigenvalue weighted by Crippen LogP contribution is -2.28. The van der Waals surface area contributed by atoms with E-state index >= 15 is 0 Å². The molecule has 0 bridgehead atoms. The SMILES string of the molecule is CN(CCCl)C(=O)c1ccc2c(c1)CCC2. The standard InChI is InChI=1S/C13H16ClNO/c1-15(8-7-14)13(16)12-6-5-10-3-2-4-11(10)9-12/h5-6,9H,2-4,7-8H2,1H3. The van der Waals surface area contributed by atoms with Crippen molar-refractivity contribution in [1.82, 2.24) is 4.90 Å². The molecule has 86 valence electrons. The van der Waals surface area contributed by atoms with Crippen LogP contribution >= 0.6 is 11.6 Å². The average Bonchev–Trinajstić information content (AvgIpc) is 2.75. The summed E-state index contributed by atoms with van der Waals surface area (Å²) in [5, 5.41) is 0. The number of amides is 1. The van der Waals surface area contributed by atoms with E-state index in [0.29, 0.717) is 12.4 Å². The number of halogens is 1. The van der Waals surface area contributed by atoms with Gasteiger partial charge in [-0.05, 0) is 42.5 Å². The van der Waals surface area contributed by atoms with Gasteiger partial charge in [-0.3, -0.25) is 4.79 Å². The van der Waals surface area contributed by atoms with Crippen LogP contribution in [0.1, 0.15) is 27.9 Å². The zero-order valence-electron chi connectivity index (χ0n) is 9.50. The number of carbonyl (C=O) groups is 1. The first kappa shape index (κ1) is 11.5. The van der Waals surface area contributed by atoms with Gasteiger partial charge in [0.05, 0.1) is 0 Å². The summed E-state index contributed by atoms with van der Waals surface area (Å²) < 4.78 is 0. The summed E-state index contributed by atoms with van der Waals surface area (Å²) in [6.07, 6.45) is 3.47. The summed E-state index contributed by atoms with van der Waals surface area (Å²) in [5.41, 5.74) is 3.52. The van der Waals surface area contributed by atoms with Crippen molar-refractivity contribution in [1.29, 1.82) is 0 Å². The van der Waals surface area contributed by atoms with Crippen LogP contribution in [-0.4, -0.2) is 30.3 Å². The van der Waals surface area contributed by atoms with E-state index in [4.69, 9.17) is 11.6 Å². The number of benzene rings is 1. The van der Waals surface area contributed by atoms with E-state index in [9.17, 15) is 4.79 Å². The zero-order chi connectivity index (χ0) is 11.5. The third-order valence-electron chi connectivity index (χ3n) is 3.11. The van der Waals surface area contributed by atoms with Crippen LogP contribution in [0.25, 0.3) is 0 Å². The Morgan fingerprint density at radius 3 is 2.88 bits per heavy atom. The molecule has 0 atom stereocenters. The Labute approximate surface area is 101 Å². The van der Waals surface area contributed by atoms with Gasteiger partial charge in [-0.25, -0.2) is 0 Å². The molecule has 0 unspecified atom stereocenters. The van der Waals surface area contributed by atoms with Gasteiger partial charge >= 0.3 is 0 Å². The van der Waals surface area contributed by atoms with E-state index in [1.807, 2.05) is 12.1 Å². The number of alkyl halides is 1. The third-order valence-corrected chi connectivity index (χ3v) is 3.28. The molecule has 0 spiro atoms. The summed E-state index contributed by atoms with van der Waals surface area (Å²) in [7, 11) is 1.79. The largest absolute Gasteiger partial charge is 0.341 e. The van der Waals surface area contributed by atoms with Crippen molar-refractivity contribution in [2.24, 2.45) is 0 Å². The van der Waals surface area contributed by atoms with E-state index < -0.39 is 0 Å². The first-order valence-corrected chi connectivity index (χ1v) is 6.19. The Bertz CT molecular complexity index is 403. The molecule has 2 nitrogen and oxygen atoms in total. The molecule has 0 N–H and O–H groups in total. The molecular weight excluding hydrogens is 222 g/mol. The molecule has 3 heteroatoms. The number of hydrogen-bond acceptors (Lipinski definition) is 1. The fraction of sp³-hybridized carbons (Fsp3) is 0.462.